The summed E-state index contributed by atoms with van der Waals surface area (Å²) in [5.74, 6) is 1.28. The highest BCUT2D eigenvalue weighted by atomic mass is 35.5. The second-order valence-corrected chi connectivity index (χ2v) is 5.29. The normalized spacial score (nSPS) is 12.3. The number of hydrogen-bond donors (Lipinski definition) is 2. The van der Waals surface area contributed by atoms with Gasteiger partial charge in [-0.3, -0.25) is 5.10 Å². The molecule has 0 unspecified atom stereocenters. The van der Waals surface area contributed by atoms with Crippen LogP contribution in [-0.2, 0) is 6.42 Å². The lowest BCUT2D eigenvalue weighted by Crippen LogP contribution is -2.15. The molecule has 21 heavy (non-hydrogen) atoms. The van der Waals surface area contributed by atoms with Crippen molar-refractivity contribution >= 4 is 11.6 Å². The topological polar surface area (TPSA) is 67.6 Å². The van der Waals surface area contributed by atoms with Gasteiger partial charge < -0.3 is 5.73 Å². The number of halogens is 1. The van der Waals surface area contributed by atoms with E-state index in [-0.39, 0.29) is 6.04 Å². The summed E-state index contributed by atoms with van der Waals surface area (Å²) in [7, 11) is 0. The summed E-state index contributed by atoms with van der Waals surface area (Å²) in [6.45, 7) is 0. The molecule has 0 saturated carbocycles. The first-order chi connectivity index (χ1) is 10.2. The minimum atomic E-state index is -0.215. The van der Waals surface area contributed by atoms with E-state index in [0.717, 1.165) is 5.56 Å². The van der Waals surface area contributed by atoms with Gasteiger partial charge in [0.05, 0.1) is 6.04 Å². The number of aromatic amines is 1. The molecule has 0 aliphatic rings. The minimum Gasteiger partial charge on any atom is -0.321 e. The number of hydrogen-bond acceptors (Lipinski definition) is 3. The smallest absolute Gasteiger partial charge is 0.181 e. The lowest BCUT2D eigenvalue weighted by Gasteiger charge is -2.07. The van der Waals surface area contributed by atoms with Crippen LogP contribution < -0.4 is 5.73 Å². The average Bonchev–Trinajstić information content (AvgIpc) is 2.98. The van der Waals surface area contributed by atoms with Crippen molar-refractivity contribution in [3.05, 3.63) is 71.0 Å². The highest BCUT2D eigenvalue weighted by Crippen LogP contribution is 2.21. The van der Waals surface area contributed by atoms with Gasteiger partial charge in [0.25, 0.3) is 0 Å². The van der Waals surface area contributed by atoms with Gasteiger partial charge in [-0.1, -0.05) is 54.1 Å². The monoisotopic (exact) mass is 298 g/mol. The molecule has 3 aromatic rings. The fourth-order valence-corrected chi connectivity index (χ4v) is 2.35. The molecule has 0 saturated heterocycles. The Kier molecular flexibility index (Phi) is 3.99. The first-order valence-electron chi connectivity index (χ1n) is 6.70. The Hall–Kier alpha value is -2.17. The van der Waals surface area contributed by atoms with E-state index in [4.69, 9.17) is 17.3 Å². The van der Waals surface area contributed by atoms with Crippen LogP contribution in [0.2, 0.25) is 5.02 Å². The number of rotatable bonds is 4. The highest BCUT2D eigenvalue weighted by molar-refractivity contribution is 6.30. The predicted molar refractivity (Wildman–Crippen MR) is 83.9 cm³/mol. The number of benzene rings is 2. The molecular weight excluding hydrogens is 284 g/mol. The van der Waals surface area contributed by atoms with Gasteiger partial charge in [-0.25, -0.2) is 4.98 Å². The van der Waals surface area contributed by atoms with Crippen LogP contribution in [0.15, 0.2) is 54.6 Å². The summed E-state index contributed by atoms with van der Waals surface area (Å²) in [4.78, 5) is 4.47. The minimum absolute atomic E-state index is 0.215. The molecule has 0 bridgehead atoms. The van der Waals surface area contributed by atoms with Gasteiger partial charge in [-0.15, -0.1) is 0 Å². The van der Waals surface area contributed by atoms with E-state index in [2.05, 4.69) is 15.2 Å². The lowest BCUT2D eigenvalue weighted by molar-refractivity contribution is 0.671. The second kappa shape index (κ2) is 6.08. The number of nitrogens with two attached hydrogens (primary N) is 1. The Morgan fingerprint density at radius 2 is 1.90 bits per heavy atom. The molecule has 4 nitrogen and oxygen atoms in total. The predicted octanol–water partition coefficient (Wildman–Crippen LogP) is 3.37. The van der Waals surface area contributed by atoms with E-state index < -0.39 is 0 Å². The quantitative estimate of drug-likeness (QED) is 0.776. The molecule has 5 heteroatoms. The van der Waals surface area contributed by atoms with E-state index in [1.807, 2.05) is 54.6 Å². The van der Waals surface area contributed by atoms with Crippen molar-refractivity contribution in [1.82, 2.24) is 15.2 Å². The van der Waals surface area contributed by atoms with Crippen molar-refractivity contribution < 1.29 is 0 Å². The Morgan fingerprint density at radius 1 is 1.10 bits per heavy atom. The van der Waals surface area contributed by atoms with Gasteiger partial charge in [-0.05, 0) is 24.1 Å². The summed E-state index contributed by atoms with van der Waals surface area (Å²) in [6, 6.07) is 17.3. The molecule has 3 N–H and O–H groups in total. The van der Waals surface area contributed by atoms with Gasteiger partial charge in [0.15, 0.2) is 5.82 Å². The summed E-state index contributed by atoms with van der Waals surface area (Å²) in [5, 5.41) is 7.79. The second-order valence-electron chi connectivity index (χ2n) is 4.85. The fourth-order valence-electron chi connectivity index (χ4n) is 2.16. The number of nitrogens with zero attached hydrogens (tertiary/aromatic N) is 2. The van der Waals surface area contributed by atoms with Crippen molar-refractivity contribution in [1.29, 1.82) is 0 Å². The van der Waals surface area contributed by atoms with Gasteiger partial charge in [0.1, 0.15) is 5.82 Å². The van der Waals surface area contributed by atoms with E-state index in [1.165, 1.54) is 5.56 Å². The van der Waals surface area contributed by atoms with Gasteiger partial charge >= 0.3 is 0 Å². The zero-order valence-electron chi connectivity index (χ0n) is 11.3. The first kappa shape index (κ1) is 13.8. The third-order valence-electron chi connectivity index (χ3n) is 3.24. The Morgan fingerprint density at radius 3 is 2.67 bits per heavy atom. The van der Waals surface area contributed by atoms with E-state index in [0.29, 0.717) is 23.1 Å². The van der Waals surface area contributed by atoms with Crippen molar-refractivity contribution in [2.75, 3.05) is 0 Å². The average molecular weight is 299 g/mol. The molecule has 3 rings (SSSR count). The van der Waals surface area contributed by atoms with Crippen LogP contribution in [0, 0.1) is 0 Å². The Labute approximate surface area is 128 Å². The molecule has 106 valence electrons. The Bertz CT molecular complexity index is 724. The lowest BCUT2D eigenvalue weighted by atomic mass is 10.1. The molecule has 2 aromatic carbocycles. The van der Waals surface area contributed by atoms with Crippen molar-refractivity contribution in [3.8, 4) is 11.4 Å². The van der Waals surface area contributed by atoms with Crippen molar-refractivity contribution in [2.24, 2.45) is 5.73 Å². The Balaban J connectivity index is 1.78. The van der Waals surface area contributed by atoms with Crippen LogP contribution in [0.1, 0.15) is 17.4 Å². The van der Waals surface area contributed by atoms with Crippen LogP contribution in [0.4, 0.5) is 0 Å². The van der Waals surface area contributed by atoms with Gasteiger partial charge in [0, 0.05) is 10.6 Å². The number of aromatic nitrogens is 3. The molecule has 0 fully saturated rings. The number of nitrogens with one attached hydrogen (secondary N) is 1. The maximum Gasteiger partial charge on any atom is 0.181 e. The third kappa shape index (κ3) is 3.29. The molecular formula is C16H15ClN4. The molecule has 0 radical (unpaired) electrons. The van der Waals surface area contributed by atoms with E-state index >= 15 is 0 Å². The first-order valence-corrected chi connectivity index (χ1v) is 7.08. The maximum atomic E-state index is 6.19. The van der Waals surface area contributed by atoms with E-state index in [1.54, 1.807) is 0 Å². The van der Waals surface area contributed by atoms with Crippen molar-refractivity contribution in [3.63, 3.8) is 0 Å². The van der Waals surface area contributed by atoms with Crippen molar-refractivity contribution in [2.45, 2.75) is 12.5 Å². The van der Waals surface area contributed by atoms with Crippen LogP contribution in [0.5, 0.6) is 0 Å². The molecule has 1 atom stereocenters. The SMILES string of the molecule is N[C@@H](Cc1ccccc1)c1nc(-c2cccc(Cl)c2)n[nH]1. The summed E-state index contributed by atoms with van der Waals surface area (Å²) in [6.07, 6.45) is 0.713. The van der Waals surface area contributed by atoms with Gasteiger partial charge in [0.2, 0.25) is 0 Å². The summed E-state index contributed by atoms with van der Waals surface area (Å²) in [5.41, 5.74) is 8.23. The highest BCUT2D eigenvalue weighted by Gasteiger charge is 2.13. The van der Waals surface area contributed by atoms with E-state index in [9.17, 15) is 0 Å². The molecule has 1 aromatic heterocycles. The zero-order chi connectivity index (χ0) is 14.7. The molecule has 1 heterocycles. The fraction of sp³-hybridized carbons (Fsp3) is 0.125. The standard InChI is InChI=1S/C16H15ClN4/c17-13-8-4-7-12(10-13)15-19-16(21-20-15)14(18)9-11-5-2-1-3-6-11/h1-8,10,14H,9,18H2,(H,19,20,21)/t14-/m0/s1. The summed E-state index contributed by atoms with van der Waals surface area (Å²) < 4.78 is 0. The number of H-pyrrole nitrogens is 1. The van der Waals surface area contributed by atoms with Crippen LogP contribution >= 0.6 is 11.6 Å². The molecule has 0 aliphatic carbocycles. The van der Waals surface area contributed by atoms with Crippen LogP contribution in [0.3, 0.4) is 0 Å². The summed E-state index contributed by atoms with van der Waals surface area (Å²) >= 11 is 5.98. The van der Waals surface area contributed by atoms with Gasteiger partial charge in [-0.2, -0.15) is 5.10 Å². The molecule has 0 aliphatic heterocycles. The maximum absolute atomic E-state index is 6.19. The molecule has 0 amide bonds. The largest absolute Gasteiger partial charge is 0.321 e. The zero-order valence-corrected chi connectivity index (χ0v) is 12.1. The van der Waals surface area contributed by atoms with Crippen LogP contribution in [0.25, 0.3) is 11.4 Å². The third-order valence-corrected chi connectivity index (χ3v) is 3.47. The molecule has 0 spiro atoms. The van der Waals surface area contributed by atoms with Crippen LogP contribution in [-0.4, -0.2) is 15.2 Å².